The summed E-state index contributed by atoms with van der Waals surface area (Å²) in [6, 6.07) is 10.2. The van der Waals surface area contributed by atoms with E-state index in [1.807, 2.05) is 30.3 Å². The first-order valence-corrected chi connectivity index (χ1v) is 4.33. The third-order valence-electron chi connectivity index (χ3n) is 1.39. The zero-order valence-corrected chi connectivity index (χ0v) is 7.21. The van der Waals surface area contributed by atoms with Crippen LogP contribution in [0.3, 0.4) is 0 Å². The molecule has 1 rings (SSSR count). The maximum Gasteiger partial charge on any atom is 0.0393 e. The third-order valence-corrected chi connectivity index (χ3v) is 2.09. The normalized spacial score (nSPS) is 13.0. The van der Waals surface area contributed by atoms with E-state index < -0.39 is 0 Å². The highest BCUT2D eigenvalue weighted by Crippen LogP contribution is 2.10. The van der Waals surface area contributed by atoms with Gasteiger partial charge >= 0.3 is 0 Å². The molecule has 0 radical (unpaired) electrons. The number of hydrogen-bond acceptors (Lipinski definition) is 1. The molecule has 0 saturated heterocycles. The Balaban J connectivity index is 2.75. The van der Waals surface area contributed by atoms with E-state index in [2.05, 4.69) is 15.9 Å². The van der Waals surface area contributed by atoms with Crippen LogP contribution in [-0.2, 0) is 0 Å². The molecule has 1 aromatic rings. The fourth-order valence-corrected chi connectivity index (χ4v) is 1.16. The van der Waals surface area contributed by atoms with E-state index in [0.29, 0.717) is 0 Å². The molecule has 0 aliphatic heterocycles. The smallest absolute Gasteiger partial charge is 0.0393 e. The van der Waals surface area contributed by atoms with Gasteiger partial charge in [0, 0.05) is 11.4 Å². The fraction of sp³-hybridized carbons (Fsp3) is 0.250. The van der Waals surface area contributed by atoms with E-state index in [1.165, 1.54) is 5.56 Å². The van der Waals surface area contributed by atoms with Crippen molar-refractivity contribution in [2.24, 2.45) is 5.73 Å². The Bertz CT molecular complexity index is 186. The van der Waals surface area contributed by atoms with Crippen LogP contribution >= 0.6 is 15.9 Å². The van der Waals surface area contributed by atoms with Gasteiger partial charge in [-0.25, -0.2) is 0 Å². The summed E-state index contributed by atoms with van der Waals surface area (Å²) in [6.45, 7) is 0. The lowest BCUT2D eigenvalue weighted by Crippen LogP contribution is -2.10. The monoisotopic (exact) mass is 199 g/mol. The van der Waals surface area contributed by atoms with Crippen molar-refractivity contribution in [2.45, 2.75) is 6.04 Å². The van der Waals surface area contributed by atoms with Gasteiger partial charge in [-0.2, -0.15) is 0 Å². The summed E-state index contributed by atoms with van der Waals surface area (Å²) >= 11 is 3.33. The molecule has 0 fully saturated rings. The first kappa shape index (κ1) is 7.76. The molecule has 0 heterocycles. The van der Waals surface area contributed by atoms with Gasteiger partial charge in [-0.05, 0) is 5.56 Å². The van der Waals surface area contributed by atoms with Gasteiger partial charge in [0.1, 0.15) is 0 Å². The highest BCUT2D eigenvalue weighted by atomic mass is 79.9. The molecule has 2 N–H and O–H groups in total. The molecule has 0 spiro atoms. The Morgan fingerprint density at radius 2 is 1.90 bits per heavy atom. The topological polar surface area (TPSA) is 26.0 Å². The van der Waals surface area contributed by atoms with Crippen molar-refractivity contribution >= 4 is 15.9 Å². The van der Waals surface area contributed by atoms with Gasteiger partial charge in [0.15, 0.2) is 0 Å². The van der Waals surface area contributed by atoms with Crippen molar-refractivity contribution in [3.05, 3.63) is 35.9 Å². The molecule has 0 saturated carbocycles. The lowest BCUT2D eigenvalue weighted by molar-refractivity contribution is 0.838. The molecule has 1 unspecified atom stereocenters. The Hall–Kier alpha value is -0.340. The first-order chi connectivity index (χ1) is 4.84. The molecule has 1 nitrogen and oxygen atoms in total. The maximum atomic E-state index is 5.75. The average Bonchev–Trinajstić information content (AvgIpc) is 2.05. The van der Waals surface area contributed by atoms with Crippen molar-refractivity contribution in [3.63, 3.8) is 0 Å². The first-order valence-electron chi connectivity index (χ1n) is 3.21. The zero-order valence-electron chi connectivity index (χ0n) is 5.63. The van der Waals surface area contributed by atoms with Gasteiger partial charge < -0.3 is 5.73 Å². The van der Waals surface area contributed by atoms with Crippen LogP contribution in [0.25, 0.3) is 0 Å². The quantitative estimate of drug-likeness (QED) is 0.726. The standard InChI is InChI=1S/C8H10BrN/c9-6-8(10)7-4-2-1-3-5-7/h1-5,8H,6,10H2. The number of benzene rings is 1. The van der Waals surface area contributed by atoms with Crippen molar-refractivity contribution < 1.29 is 0 Å². The minimum absolute atomic E-state index is 0.126. The number of nitrogens with two attached hydrogens (primary N) is 1. The van der Waals surface area contributed by atoms with Crippen LogP contribution in [0.2, 0.25) is 0 Å². The summed E-state index contributed by atoms with van der Waals surface area (Å²) in [6.07, 6.45) is 0. The second-order valence-electron chi connectivity index (χ2n) is 2.17. The Labute approximate surface area is 69.4 Å². The lowest BCUT2D eigenvalue weighted by atomic mass is 10.1. The van der Waals surface area contributed by atoms with E-state index >= 15 is 0 Å². The minimum Gasteiger partial charge on any atom is -0.323 e. The molecule has 0 bridgehead atoms. The summed E-state index contributed by atoms with van der Waals surface area (Å²) in [4.78, 5) is 0. The lowest BCUT2D eigenvalue weighted by Gasteiger charge is -2.06. The van der Waals surface area contributed by atoms with Gasteiger partial charge in [0.25, 0.3) is 0 Å². The zero-order chi connectivity index (χ0) is 7.40. The van der Waals surface area contributed by atoms with Crippen LogP contribution in [0.5, 0.6) is 0 Å². The van der Waals surface area contributed by atoms with Gasteiger partial charge in [-0.3, -0.25) is 0 Å². The molecule has 2 heteroatoms. The second-order valence-corrected chi connectivity index (χ2v) is 2.82. The highest BCUT2D eigenvalue weighted by Gasteiger charge is 2.00. The molecule has 0 aliphatic carbocycles. The maximum absolute atomic E-state index is 5.75. The number of rotatable bonds is 2. The predicted octanol–water partition coefficient (Wildman–Crippen LogP) is 2.08. The molecular weight excluding hydrogens is 190 g/mol. The molecule has 1 atom stereocenters. The average molecular weight is 200 g/mol. The summed E-state index contributed by atoms with van der Waals surface area (Å²) in [5, 5.41) is 0.816. The predicted molar refractivity (Wildman–Crippen MR) is 47.2 cm³/mol. The largest absolute Gasteiger partial charge is 0.323 e. The van der Waals surface area contributed by atoms with E-state index in [1.54, 1.807) is 0 Å². The SMILES string of the molecule is NC(CBr)c1ccccc1. The molecule has 1 aromatic carbocycles. The minimum atomic E-state index is 0.126. The summed E-state index contributed by atoms with van der Waals surface area (Å²) in [7, 11) is 0. The van der Waals surface area contributed by atoms with Crippen molar-refractivity contribution in [1.82, 2.24) is 0 Å². The van der Waals surface area contributed by atoms with Crippen LogP contribution < -0.4 is 5.73 Å². The van der Waals surface area contributed by atoms with Gasteiger partial charge in [0.05, 0.1) is 0 Å². The highest BCUT2D eigenvalue weighted by molar-refractivity contribution is 9.09. The van der Waals surface area contributed by atoms with Crippen LogP contribution in [0, 0.1) is 0 Å². The Morgan fingerprint density at radius 3 is 2.40 bits per heavy atom. The number of halogens is 1. The summed E-state index contributed by atoms with van der Waals surface area (Å²) in [5.41, 5.74) is 6.93. The Kier molecular flexibility index (Phi) is 2.90. The summed E-state index contributed by atoms with van der Waals surface area (Å²) in [5.74, 6) is 0. The molecule has 54 valence electrons. The van der Waals surface area contributed by atoms with E-state index in [4.69, 9.17) is 5.73 Å². The van der Waals surface area contributed by atoms with Crippen LogP contribution in [0.15, 0.2) is 30.3 Å². The van der Waals surface area contributed by atoms with Crippen molar-refractivity contribution in [2.75, 3.05) is 5.33 Å². The van der Waals surface area contributed by atoms with Gasteiger partial charge in [-0.15, -0.1) is 0 Å². The summed E-state index contributed by atoms with van der Waals surface area (Å²) < 4.78 is 0. The third kappa shape index (κ3) is 1.82. The van der Waals surface area contributed by atoms with Crippen LogP contribution in [-0.4, -0.2) is 5.33 Å². The van der Waals surface area contributed by atoms with Gasteiger partial charge in [0.2, 0.25) is 0 Å². The molecule has 0 aliphatic rings. The van der Waals surface area contributed by atoms with Crippen LogP contribution in [0.1, 0.15) is 11.6 Å². The number of alkyl halides is 1. The molecular formula is C8H10BrN. The Morgan fingerprint density at radius 1 is 1.30 bits per heavy atom. The van der Waals surface area contributed by atoms with Crippen molar-refractivity contribution in [3.8, 4) is 0 Å². The van der Waals surface area contributed by atoms with Crippen LogP contribution in [0.4, 0.5) is 0 Å². The van der Waals surface area contributed by atoms with E-state index in [9.17, 15) is 0 Å². The van der Waals surface area contributed by atoms with Gasteiger partial charge in [-0.1, -0.05) is 46.3 Å². The number of hydrogen-bond donors (Lipinski definition) is 1. The molecule has 0 amide bonds. The fourth-order valence-electron chi connectivity index (χ4n) is 0.789. The molecule has 0 aromatic heterocycles. The molecule has 10 heavy (non-hydrogen) atoms. The van der Waals surface area contributed by atoms with E-state index in [0.717, 1.165) is 5.33 Å². The van der Waals surface area contributed by atoms with Crippen molar-refractivity contribution in [1.29, 1.82) is 0 Å². The second kappa shape index (κ2) is 3.74. The van der Waals surface area contributed by atoms with E-state index in [-0.39, 0.29) is 6.04 Å².